The Balaban J connectivity index is 1.42. The molecule has 0 aromatic heterocycles. The first-order valence-electron chi connectivity index (χ1n) is 8.75. The topological polar surface area (TPSA) is 60.9 Å². The molecule has 0 radical (unpaired) electrons. The van der Waals surface area contributed by atoms with Crippen LogP contribution >= 0.6 is 0 Å². The Morgan fingerprint density at radius 3 is 2.16 bits per heavy atom. The van der Waals surface area contributed by atoms with Gasteiger partial charge in [-0.05, 0) is 42.5 Å². The first kappa shape index (κ1) is 16.1. The Bertz CT molecular complexity index is 710. The molecule has 2 bridgehead atoms. The lowest BCUT2D eigenvalue weighted by molar-refractivity contribution is -0.151. The second-order valence-corrected chi connectivity index (χ2v) is 7.13. The molecule has 0 unspecified atom stereocenters. The highest BCUT2D eigenvalue weighted by atomic mass is 19.1. The average molecular weight is 344 g/mol. The minimum atomic E-state index is -0.861. The number of halogens is 1. The van der Waals surface area contributed by atoms with Gasteiger partial charge in [-0.3, -0.25) is 9.59 Å². The van der Waals surface area contributed by atoms with Crippen molar-refractivity contribution in [3.05, 3.63) is 42.2 Å². The molecule has 1 N–H and O–H groups in total. The van der Waals surface area contributed by atoms with Crippen molar-refractivity contribution in [3.63, 3.8) is 0 Å². The van der Waals surface area contributed by atoms with E-state index in [1.807, 2.05) is 12.2 Å². The number of piperazine rings is 1. The molecule has 1 aliphatic heterocycles. The van der Waals surface area contributed by atoms with Gasteiger partial charge in [0.2, 0.25) is 5.91 Å². The lowest BCUT2D eigenvalue weighted by Crippen LogP contribution is -2.52. The van der Waals surface area contributed by atoms with Crippen LogP contribution in [0.4, 0.5) is 10.1 Å². The minimum absolute atomic E-state index is 0.00282. The van der Waals surface area contributed by atoms with Gasteiger partial charge in [0.1, 0.15) is 5.82 Å². The monoisotopic (exact) mass is 344 g/mol. The van der Waals surface area contributed by atoms with Crippen LogP contribution in [0, 0.1) is 29.5 Å². The molecule has 2 aliphatic carbocycles. The van der Waals surface area contributed by atoms with Crippen LogP contribution in [0.2, 0.25) is 0 Å². The molecule has 1 aromatic carbocycles. The number of nitrogens with zero attached hydrogens (tertiary/aromatic N) is 2. The number of benzene rings is 1. The van der Waals surface area contributed by atoms with E-state index in [9.17, 15) is 19.1 Å². The van der Waals surface area contributed by atoms with Gasteiger partial charge in [0.25, 0.3) is 0 Å². The summed E-state index contributed by atoms with van der Waals surface area (Å²) in [5.74, 6) is -2.10. The molecule has 0 spiro atoms. The third-order valence-corrected chi connectivity index (χ3v) is 5.81. The van der Waals surface area contributed by atoms with Gasteiger partial charge in [-0.25, -0.2) is 4.39 Å². The fourth-order valence-corrected chi connectivity index (χ4v) is 4.54. The van der Waals surface area contributed by atoms with Gasteiger partial charge in [0.15, 0.2) is 0 Å². The van der Waals surface area contributed by atoms with Crippen LogP contribution in [-0.4, -0.2) is 48.1 Å². The van der Waals surface area contributed by atoms with Crippen molar-refractivity contribution in [2.45, 2.75) is 6.42 Å². The van der Waals surface area contributed by atoms with Crippen LogP contribution in [0.25, 0.3) is 0 Å². The number of aliphatic carboxylic acids is 1. The van der Waals surface area contributed by atoms with E-state index in [0.29, 0.717) is 26.2 Å². The molecule has 3 aliphatic rings. The number of anilines is 1. The van der Waals surface area contributed by atoms with E-state index in [1.165, 1.54) is 12.1 Å². The van der Waals surface area contributed by atoms with Crippen LogP contribution in [0.1, 0.15) is 6.42 Å². The Hall–Kier alpha value is -2.37. The second kappa shape index (κ2) is 6.17. The van der Waals surface area contributed by atoms with Crippen molar-refractivity contribution in [2.24, 2.45) is 23.7 Å². The zero-order valence-electron chi connectivity index (χ0n) is 13.8. The molecule has 2 fully saturated rings. The molecule has 1 saturated carbocycles. The molecule has 132 valence electrons. The van der Waals surface area contributed by atoms with Gasteiger partial charge >= 0.3 is 5.97 Å². The number of hydrogen-bond donors (Lipinski definition) is 1. The highest BCUT2D eigenvalue weighted by Crippen LogP contribution is 2.48. The maximum absolute atomic E-state index is 13.0. The maximum atomic E-state index is 13.0. The van der Waals surface area contributed by atoms with Crippen LogP contribution in [-0.2, 0) is 9.59 Å². The number of carbonyl (C=O) groups excluding carboxylic acids is 1. The van der Waals surface area contributed by atoms with E-state index in [4.69, 9.17) is 0 Å². The number of carbonyl (C=O) groups is 2. The molecule has 25 heavy (non-hydrogen) atoms. The van der Waals surface area contributed by atoms with E-state index in [1.54, 1.807) is 17.0 Å². The second-order valence-electron chi connectivity index (χ2n) is 7.13. The molecule has 1 aromatic rings. The number of hydrogen-bond acceptors (Lipinski definition) is 3. The van der Waals surface area contributed by atoms with E-state index >= 15 is 0 Å². The van der Waals surface area contributed by atoms with Crippen molar-refractivity contribution < 1.29 is 19.1 Å². The third-order valence-electron chi connectivity index (χ3n) is 5.81. The van der Waals surface area contributed by atoms with Crippen molar-refractivity contribution in [2.75, 3.05) is 31.1 Å². The molecule has 6 heteroatoms. The molecule has 4 rings (SSSR count). The van der Waals surface area contributed by atoms with Crippen LogP contribution in [0.3, 0.4) is 0 Å². The molecule has 1 amide bonds. The molecular formula is C19H21FN2O3. The summed E-state index contributed by atoms with van der Waals surface area (Å²) < 4.78 is 13.0. The van der Waals surface area contributed by atoms with Crippen molar-refractivity contribution >= 4 is 17.6 Å². The molecule has 1 saturated heterocycles. The number of carboxylic acid groups (broad SMARTS) is 1. The van der Waals surface area contributed by atoms with E-state index in [0.717, 1.165) is 12.1 Å². The largest absolute Gasteiger partial charge is 0.481 e. The zero-order valence-corrected chi connectivity index (χ0v) is 13.8. The lowest BCUT2D eigenvalue weighted by atomic mass is 9.82. The lowest BCUT2D eigenvalue weighted by Gasteiger charge is -2.38. The van der Waals surface area contributed by atoms with Crippen molar-refractivity contribution in [3.8, 4) is 0 Å². The predicted molar refractivity (Wildman–Crippen MR) is 90.5 cm³/mol. The van der Waals surface area contributed by atoms with Crippen molar-refractivity contribution in [1.82, 2.24) is 4.90 Å². The van der Waals surface area contributed by atoms with Gasteiger partial charge in [-0.2, -0.15) is 0 Å². The highest BCUT2D eigenvalue weighted by Gasteiger charge is 2.52. The van der Waals surface area contributed by atoms with E-state index in [-0.39, 0.29) is 23.6 Å². The summed E-state index contributed by atoms with van der Waals surface area (Å²) in [5.41, 5.74) is 0.944. The molecule has 4 atom stereocenters. The fraction of sp³-hybridized carbons (Fsp3) is 0.474. The number of fused-ring (bicyclic) bond motifs is 2. The first-order chi connectivity index (χ1) is 12.0. The summed E-state index contributed by atoms with van der Waals surface area (Å²) in [6.45, 7) is 2.48. The summed E-state index contributed by atoms with van der Waals surface area (Å²) in [6.07, 6.45) is 4.75. The van der Waals surface area contributed by atoms with Crippen LogP contribution in [0.5, 0.6) is 0 Å². The van der Waals surface area contributed by atoms with E-state index < -0.39 is 17.8 Å². The van der Waals surface area contributed by atoms with Crippen LogP contribution < -0.4 is 4.90 Å². The Morgan fingerprint density at radius 1 is 0.960 bits per heavy atom. The SMILES string of the molecule is O=C(O)[C@@H]1[C@@H](C(=O)N2CCN(c3ccc(F)cc3)CC2)[C@H]2C=C[C@H]1C2. The Kier molecular flexibility index (Phi) is 3.98. The maximum Gasteiger partial charge on any atom is 0.307 e. The normalized spacial score (nSPS) is 30.8. The smallest absolute Gasteiger partial charge is 0.307 e. The third kappa shape index (κ3) is 2.79. The summed E-state index contributed by atoms with van der Waals surface area (Å²) in [5, 5.41) is 9.52. The Morgan fingerprint density at radius 2 is 1.56 bits per heavy atom. The average Bonchev–Trinajstić information content (AvgIpc) is 3.23. The number of rotatable bonds is 3. The summed E-state index contributed by atoms with van der Waals surface area (Å²) in [7, 11) is 0. The van der Waals surface area contributed by atoms with Gasteiger partial charge in [0, 0.05) is 31.9 Å². The highest BCUT2D eigenvalue weighted by molar-refractivity contribution is 5.87. The van der Waals surface area contributed by atoms with E-state index in [2.05, 4.69) is 4.90 Å². The van der Waals surface area contributed by atoms with Gasteiger partial charge in [-0.15, -0.1) is 0 Å². The van der Waals surface area contributed by atoms with Crippen LogP contribution in [0.15, 0.2) is 36.4 Å². The first-order valence-corrected chi connectivity index (χ1v) is 8.75. The van der Waals surface area contributed by atoms with Gasteiger partial charge < -0.3 is 14.9 Å². The van der Waals surface area contributed by atoms with Gasteiger partial charge in [0.05, 0.1) is 11.8 Å². The zero-order chi connectivity index (χ0) is 17.6. The summed E-state index contributed by atoms with van der Waals surface area (Å²) in [4.78, 5) is 28.5. The van der Waals surface area contributed by atoms with Gasteiger partial charge in [-0.1, -0.05) is 12.2 Å². The van der Waals surface area contributed by atoms with Crippen molar-refractivity contribution in [1.29, 1.82) is 0 Å². The molecule has 5 nitrogen and oxygen atoms in total. The Labute approximate surface area is 145 Å². The number of allylic oxidation sites excluding steroid dienone is 2. The predicted octanol–water partition coefficient (Wildman–Crippen LogP) is 2.00. The standard InChI is InChI=1S/C19H21FN2O3/c20-14-3-5-15(6-4-14)21-7-9-22(10-8-21)18(23)16-12-1-2-13(11-12)17(16)19(24)25/h1-6,12-13,16-17H,7-11H2,(H,24,25)/t12-,13-,16-,17-/m0/s1. The number of amides is 1. The minimum Gasteiger partial charge on any atom is -0.481 e. The summed E-state index contributed by atoms with van der Waals surface area (Å²) in [6, 6.07) is 6.36. The summed E-state index contributed by atoms with van der Waals surface area (Å²) >= 11 is 0. The number of carboxylic acids is 1. The molecule has 1 heterocycles. The molecular weight excluding hydrogens is 323 g/mol. The fourth-order valence-electron chi connectivity index (χ4n) is 4.54. The quantitative estimate of drug-likeness (QED) is 0.852.